The van der Waals surface area contributed by atoms with E-state index >= 15 is 0 Å². The second-order valence-electron chi connectivity index (χ2n) is 5.41. The molecular formula is C13H19N5. The van der Waals surface area contributed by atoms with Gasteiger partial charge >= 0.3 is 0 Å². The zero-order valence-electron chi connectivity index (χ0n) is 10.9. The molecule has 2 aromatic heterocycles. The lowest BCUT2D eigenvalue weighted by Gasteiger charge is -2.34. The maximum atomic E-state index is 6.13. The van der Waals surface area contributed by atoms with Gasteiger partial charge in [0.1, 0.15) is 6.33 Å². The third-order valence-electron chi connectivity index (χ3n) is 3.65. The van der Waals surface area contributed by atoms with Gasteiger partial charge in [0.25, 0.3) is 0 Å². The van der Waals surface area contributed by atoms with Gasteiger partial charge in [0.2, 0.25) is 0 Å². The van der Waals surface area contributed by atoms with E-state index in [-0.39, 0.29) is 6.04 Å². The average Bonchev–Trinajstić information content (AvgIpc) is 2.74. The molecule has 2 atom stereocenters. The smallest absolute Gasteiger partial charge is 0.158 e. The summed E-state index contributed by atoms with van der Waals surface area (Å²) in [5, 5.41) is 4.23. The zero-order valence-corrected chi connectivity index (χ0v) is 10.9. The summed E-state index contributed by atoms with van der Waals surface area (Å²) in [5.74, 6) is 0.449. The number of pyridine rings is 1. The van der Waals surface area contributed by atoms with Crippen molar-refractivity contribution in [2.24, 2.45) is 5.73 Å². The highest BCUT2D eigenvalue weighted by molar-refractivity contribution is 5.50. The number of nitrogens with zero attached hydrogens (tertiary/aromatic N) is 4. The van der Waals surface area contributed by atoms with E-state index in [1.54, 1.807) is 6.33 Å². The molecule has 2 aromatic rings. The lowest BCUT2D eigenvalue weighted by Crippen LogP contribution is -2.44. The van der Waals surface area contributed by atoms with Gasteiger partial charge in [-0.3, -0.25) is 0 Å². The highest BCUT2D eigenvalue weighted by atomic mass is 15.3. The minimum Gasteiger partial charge on any atom is -0.327 e. The number of fused-ring (bicyclic) bond motifs is 1. The molecule has 1 saturated heterocycles. The van der Waals surface area contributed by atoms with Crippen LogP contribution in [0.4, 0.5) is 0 Å². The first-order chi connectivity index (χ1) is 8.63. The number of piperidine rings is 1. The molecular weight excluding hydrogens is 226 g/mol. The molecule has 3 rings (SSSR count). The van der Waals surface area contributed by atoms with Crippen molar-refractivity contribution in [1.82, 2.24) is 19.5 Å². The lowest BCUT2D eigenvalue weighted by atomic mass is 9.88. The molecule has 5 nitrogen and oxygen atoms in total. The highest BCUT2D eigenvalue weighted by Gasteiger charge is 2.26. The van der Waals surface area contributed by atoms with Crippen LogP contribution < -0.4 is 5.73 Å². The van der Waals surface area contributed by atoms with Gasteiger partial charge in [0.05, 0.1) is 0 Å². The van der Waals surface area contributed by atoms with Crippen LogP contribution in [0.2, 0.25) is 0 Å². The zero-order chi connectivity index (χ0) is 12.7. The molecule has 0 radical (unpaired) electrons. The summed E-state index contributed by atoms with van der Waals surface area (Å²) >= 11 is 0. The molecule has 18 heavy (non-hydrogen) atoms. The van der Waals surface area contributed by atoms with E-state index in [1.807, 2.05) is 10.7 Å². The second kappa shape index (κ2) is 4.33. The highest BCUT2D eigenvalue weighted by Crippen LogP contribution is 2.28. The first-order valence-electron chi connectivity index (χ1n) is 6.37. The van der Waals surface area contributed by atoms with Crippen molar-refractivity contribution < 1.29 is 0 Å². The van der Waals surface area contributed by atoms with Gasteiger partial charge in [-0.2, -0.15) is 5.10 Å². The van der Waals surface area contributed by atoms with E-state index in [2.05, 4.69) is 35.0 Å². The summed E-state index contributed by atoms with van der Waals surface area (Å²) in [6.45, 7) is 4.11. The third kappa shape index (κ3) is 2.00. The van der Waals surface area contributed by atoms with Crippen LogP contribution in [0.5, 0.6) is 0 Å². The van der Waals surface area contributed by atoms with Crippen LogP contribution in [0, 0.1) is 6.92 Å². The van der Waals surface area contributed by atoms with Crippen molar-refractivity contribution in [2.75, 3.05) is 20.1 Å². The Labute approximate surface area is 107 Å². The summed E-state index contributed by atoms with van der Waals surface area (Å²) in [6, 6.07) is 2.47. The number of nitrogens with two attached hydrogens (primary N) is 1. The summed E-state index contributed by atoms with van der Waals surface area (Å²) in [6.07, 6.45) is 4.65. The predicted molar refractivity (Wildman–Crippen MR) is 70.6 cm³/mol. The van der Waals surface area contributed by atoms with E-state index in [1.165, 1.54) is 11.1 Å². The minimum absolute atomic E-state index is 0.247. The van der Waals surface area contributed by atoms with Crippen LogP contribution >= 0.6 is 0 Å². The number of likely N-dealkylation sites (tertiary alicyclic amines) is 1. The number of aryl methyl sites for hydroxylation is 1. The molecule has 96 valence electrons. The Morgan fingerprint density at radius 1 is 1.39 bits per heavy atom. The maximum Gasteiger partial charge on any atom is 0.158 e. The van der Waals surface area contributed by atoms with E-state index in [0.29, 0.717) is 5.92 Å². The normalized spacial score (nSPS) is 25.7. The Bertz CT molecular complexity index is 552. The molecule has 1 aliphatic rings. The molecule has 5 heteroatoms. The van der Waals surface area contributed by atoms with Crippen LogP contribution in [0.25, 0.3) is 5.65 Å². The van der Waals surface area contributed by atoms with Gasteiger partial charge in [-0.25, -0.2) is 9.50 Å². The van der Waals surface area contributed by atoms with E-state index in [0.717, 1.165) is 25.2 Å². The van der Waals surface area contributed by atoms with Gasteiger partial charge in [-0.15, -0.1) is 0 Å². The number of hydrogen-bond donors (Lipinski definition) is 1. The molecule has 3 heterocycles. The Morgan fingerprint density at radius 3 is 3.00 bits per heavy atom. The van der Waals surface area contributed by atoms with Crippen LogP contribution in [-0.4, -0.2) is 45.7 Å². The summed E-state index contributed by atoms with van der Waals surface area (Å²) in [4.78, 5) is 6.68. The van der Waals surface area contributed by atoms with Crippen LogP contribution in [0.3, 0.4) is 0 Å². The van der Waals surface area contributed by atoms with Gasteiger partial charge < -0.3 is 10.6 Å². The number of rotatable bonds is 1. The minimum atomic E-state index is 0.247. The standard InChI is InChI=1S/C13H19N5/c1-9-3-12(13-15-8-16-18(13)5-9)10-4-11(14)7-17(2)6-10/h3,5,8,10-11H,4,6-7,14H2,1-2H3. The van der Waals surface area contributed by atoms with Crippen LogP contribution in [-0.2, 0) is 0 Å². The number of hydrogen-bond acceptors (Lipinski definition) is 4. The van der Waals surface area contributed by atoms with Crippen LogP contribution in [0.1, 0.15) is 23.5 Å². The van der Waals surface area contributed by atoms with Crippen LogP contribution in [0.15, 0.2) is 18.6 Å². The molecule has 0 amide bonds. The fourth-order valence-corrected chi connectivity index (χ4v) is 2.98. The van der Waals surface area contributed by atoms with E-state index in [4.69, 9.17) is 5.73 Å². The SMILES string of the molecule is Cc1cc(C2CC(N)CN(C)C2)c2ncnn2c1. The molecule has 0 aliphatic carbocycles. The Balaban J connectivity index is 2.05. The van der Waals surface area contributed by atoms with E-state index < -0.39 is 0 Å². The summed E-state index contributed by atoms with van der Waals surface area (Å²) < 4.78 is 1.87. The molecule has 2 unspecified atom stereocenters. The fraction of sp³-hybridized carbons (Fsp3) is 0.538. The quantitative estimate of drug-likeness (QED) is 0.806. The fourth-order valence-electron chi connectivity index (χ4n) is 2.98. The van der Waals surface area contributed by atoms with Crippen molar-refractivity contribution in [3.8, 4) is 0 Å². The van der Waals surface area contributed by atoms with Crippen molar-refractivity contribution >= 4 is 5.65 Å². The molecule has 0 saturated carbocycles. The van der Waals surface area contributed by atoms with Crippen molar-refractivity contribution in [3.63, 3.8) is 0 Å². The number of aromatic nitrogens is 3. The molecule has 0 bridgehead atoms. The second-order valence-corrected chi connectivity index (χ2v) is 5.41. The molecule has 1 aliphatic heterocycles. The third-order valence-corrected chi connectivity index (χ3v) is 3.65. The molecule has 0 spiro atoms. The number of likely N-dealkylation sites (N-methyl/N-ethyl adjacent to an activating group) is 1. The van der Waals surface area contributed by atoms with Gasteiger partial charge in [-0.1, -0.05) is 6.07 Å². The monoisotopic (exact) mass is 245 g/mol. The average molecular weight is 245 g/mol. The van der Waals surface area contributed by atoms with Gasteiger partial charge in [0, 0.05) is 36.8 Å². The Morgan fingerprint density at radius 2 is 2.22 bits per heavy atom. The van der Waals surface area contributed by atoms with Crippen molar-refractivity contribution in [2.45, 2.75) is 25.3 Å². The molecule has 1 fully saturated rings. The maximum absolute atomic E-state index is 6.13. The predicted octanol–water partition coefficient (Wildman–Crippen LogP) is 0.784. The van der Waals surface area contributed by atoms with E-state index in [9.17, 15) is 0 Å². The lowest BCUT2D eigenvalue weighted by molar-refractivity contribution is 0.227. The first-order valence-corrected chi connectivity index (χ1v) is 6.37. The molecule has 2 N–H and O–H groups in total. The Kier molecular flexibility index (Phi) is 2.80. The summed E-state index contributed by atoms with van der Waals surface area (Å²) in [5.41, 5.74) is 9.58. The summed E-state index contributed by atoms with van der Waals surface area (Å²) in [7, 11) is 2.13. The van der Waals surface area contributed by atoms with Gasteiger partial charge in [-0.05, 0) is 26.0 Å². The van der Waals surface area contributed by atoms with Gasteiger partial charge in [0.15, 0.2) is 5.65 Å². The topological polar surface area (TPSA) is 59.5 Å². The molecule has 0 aromatic carbocycles. The Hall–Kier alpha value is -1.46. The largest absolute Gasteiger partial charge is 0.327 e. The van der Waals surface area contributed by atoms with Crippen molar-refractivity contribution in [3.05, 3.63) is 29.7 Å². The first kappa shape index (κ1) is 11.6. The van der Waals surface area contributed by atoms with Crippen molar-refractivity contribution in [1.29, 1.82) is 0 Å².